The summed E-state index contributed by atoms with van der Waals surface area (Å²) < 4.78 is 7.42. The number of nitrogens with zero attached hydrogens (tertiary/aromatic N) is 4. The van der Waals surface area contributed by atoms with E-state index in [2.05, 4.69) is 21.6 Å². The molecular weight excluding hydrogens is 304 g/mol. The molecule has 6 nitrogen and oxygen atoms in total. The molecule has 130 valence electrons. The van der Waals surface area contributed by atoms with E-state index >= 15 is 0 Å². The van der Waals surface area contributed by atoms with Gasteiger partial charge in [-0.05, 0) is 33.1 Å². The molecule has 0 radical (unpaired) electrons. The van der Waals surface area contributed by atoms with Gasteiger partial charge >= 0.3 is 0 Å². The van der Waals surface area contributed by atoms with Crippen molar-refractivity contribution < 1.29 is 9.32 Å². The third-order valence-electron chi connectivity index (χ3n) is 4.98. The van der Waals surface area contributed by atoms with E-state index in [1.54, 1.807) is 0 Å². The van der Waals surface area contributed by atoms with Crippen LogP contribution in [0.5, 0.6) is 0 Å². The number of piperidine rings is 1. The van der Waals surface area contributed by atoms with E-state index in [-0.39, 0.29) is 5.91 Å². The van der Waals surface area contributed by atoms with Crippen LogP contribution in [0.25, 0.3) is 0 Å². The zero-order valence-corrected chi connectivity index (χ0v) is 14.8. The van der Waals surface area contributed by atoms with Crippen molar-refractivity contribution in [2.45, 2.75) is 58.9 Å². The van der Waals surface area contributed by atoms with Crippen LogP contribution in [0, 0.1) is 13.8 Å². The van der Waals surface area contributed by atoms with E-state index in [1.165, 1.54) is 0 Å². The van der Waals surface area contributed by atoms with Crippen LogP contribution in [-0.2, 0) is 17.6 Å². The standard InChI is InChI=1S/C18H26N4O2/c1-4-17-19-9-11-22(17)15-6-5-10-21(12-15)18(23)8-7-16-13(2)20-24-14(16)3/h9,11,15H,4-8,10,12H2,1-3H3/t15-/m0/s1. The monoisotopic (exact) mass is 330 g/mol. The summed E-state index contributed by atoms with van der Waals surface area (Å²) in [6, 6.07) is 0.346. The normalized spacial score (nSPS) is 18.1. The smallest absolute Gasteiger partial charge is 0.222 e. The van der Waals surface area contributed by atoms with Crippen molar-refractivity contribution in [3.63, 3.8) is 0 Å². The van der Waals surface area contributed by atoms with Gasteiger partial charge in [0.15, 0.2) is 0 Å². The number of imidazole rings is 1. The second-order valence-electron chi connectivity index (χ2n) is 6.54. The van der Waals surface area contributed by atoms with E-state index in [0.29, 0.717) is 18.9 Å². The van der Waals surface area contributed by atoms with Gasteiger partial charge in [0.2, 0.25) is 5.91 Å². The highest BCUT2D eigenvalue weighted by molar-refractivity contribution is 5.76. The van der Waals surface area contributed by atoms with Crippen molar-refractivity contribution in [1.82, 2.24) is 19.6 Å². The molecule has 1 saturated heterocycles. The maximum absolute atomic E-state index is 12.6. The van der Waals surface area contributed by atoms with E-state index in [0.717, 1.165) is 55.2 Å². The molecular formula is C18H26N4O2. The van der Waals surface area contributed by atoms with Crippen molar-refractivity contribution in [3.05, 3.63) is 35.2 Å². The number of carbonyl (C=O) groups excluding carboxylic acids is 1. The summed E-state index contributed by atoms with van der Waals surface area (Å²) in [5.41, 5.74) is 1.96. The maximum Gasteiger partial charge on any atom is 0.222 e. The molecule has 0 N–H and O–H groups in total. The summed E-state index contributed by atoms with van der Waals surface area (Å²) in [6.07, 6.45) is 8.19. The Balaban J connectivity index is 1.61. The van der Waals surface area contributed by atoms with E-state index in [1.807, 2.05) is 31.1 Å². The van der Waals surface area contributed by atoms with Crippen LogP contribution in [0.3, 0.4) is 0 Å². The van der Waals surface area contributed by atoms with Crippen LogP contribution in [0.4, 0.5) is 0 Å². The minimum atomic E-state index is 0.220. The Hall–Kier alpha value is -2.11. The van der Waals surface area contributed by atoms with Gasteiger partial charge in [-0.15, -0.1) is 0 Å². The molecule has 0 aliphatic carbocycles. The highest BCUT2D eigenvalue weighted by Crippen LogP contribution is 2.24. The highest BCUT2D eigenvalue weighted by Gasteiger charge is 2.25. The summed E-state index contributed by atoms with van der Waals surface area (Å²) in [6.45, 7) is 7.59. The van der Waals surface area contributed by atoms with Gasteiger partial charge in [-0.1, -0.05) is 12.1 Å². The number of hydrogen-bond donors (Lipinski definition) is 0. The summed E-state index contributed by atoms with van der Waals surface area (Å²) >= 11 is 0. The van der Waals surface area contributed by atoms with Crippen LogP contribution >= 0.6 is 0 Å². The van der Waals surface area contributed by atoms with Gasteiger partial charge in [0.25, 0.3) is 0 Å². The topological polar surface area (TPSA) is 64.2 Å². The molecule has 0 aromatic carbocycles. The second kappa shape index (κ2) is 7.20. The largest absolute Gasteiger partial charge is 0.361 e. The van der Waals surface area contributed by atoms with Crippen LogP contribution in [0.1, 0.15) is 55.1 Å². The minimum Gasteiger partial charge on any atom is -0.361 e. The van der Waals surface area contributed by atoms with E-state index in [4.69, 9.17) is 4.52 Å². The van der Waals surface area contributed by atoms with Crippen LogP contribution in [-0.4, -0.2) is 38.6 Å². The summed E-state index contributed by atoms with van der Waals surface area (Å²) in [5, 5.41) is 3.96. The molecule has 0 spiro atoms. The Kier molecular flexibility index (Phi) is 5.02. The number of aromatic nitrogens is 3. The van der Waals surface area contributed by atoms with Crippen molar-refractivity contribution in [1.29, 1.82) is 0 Å². The first-order chi connectivity index (χ1) is 11.6. The number of rotatable bonds is 5. The summed E-state index contributed by atoms with van der Waals surface area (Å²) in [7, 11) is 0. The predicted octanol–water partition coefficient (Wildman–Crippen LogP) is 2.85. The average Bonchev–Trinajstić information content (AvgIpc) is 3.20. The Morgan fingerprint density at radius 1 is 1.42 bits per heavy atom. The van der Waals surface area contributed by atoms with Crippen LogP contribution < -0.4 is 0 Å². The zero-order chi connectivity index (χ0) is 17.1. The number of likely N-dealkylation sites (tertiary alicyclic amines) is 1. The Morgan fingerprint density at radius 2 is 2.25 bits per heavy atom. The third-order valence-corrected chi connectivity index (χ3v) is 4.98. The molecule has 6 heteroatoms. The first-order valence-corrected chi connectivity index (χ1v) is 8.81. The molecule has 24 heavy (non-hydrogen) atoms. The molecule has 1 fully saturated rings. The molecule has 1 amide bonds. The number of carbonyl (C=O) groups is 1. The lowest BCUT2D eigenvalue weighted by molar-refractivity contribution is -0.132. The molecule has 2 aromatic heterocycles. The number of hydrogen-bond acceptors (Lipinski definition) is 4. The highest BCUT2D eigenvalue weighted by atomic mass is 16.5. The maximum atomic E-state index is 12.6. The van der Waals surface area contributed by atoms with Crippen molar-refractivity contribution >= 4 is 5.91 Å². The van der Waals surface area contributed by atoms with Gasteiger partial charge in [-0.25, -0.2) is 4.98 Å². The predicted molar refractivity (Wildman–Crippen MR) is 90.8 cm³/mol. The summed E-state index contributed by atoms with van der Waals surface area (Å²) in [5.74, 6) is 2.14. The van der Waals surface area contributed by atoms with Crippen molar-refractivity contribution in [2.75, 3.05) is 13.1 Å². The summed E-state index contributed by atoms with van der Waals surface area (Å²) in [4.78, 5) is 19.1. The van der Waals surface area contributed by atoms with Crippen molar-refractivity contribution in [3.8, 4) is 0 Å². The van der Waals surface area contributed by atoms with Gasteiger partial charge < -0.3 is 14.0 Å². The number of aryl methyl sites for hydroxylation is 3. The van der Waals surface area contributed by atoms with Gasteiger partial charge in [0, 0.05) is 43.9 Å². The number of amides is 1. The molecule has 0 unspecified atom stereocenters. The van der Waals surface area contributed by atoms with Gasteiger partial charge in [0.05, 0.1) is 11.7 Å². The van der Waals surface area contributed by atoms with Crippen LogP contribution in [0.15, 0.2) is 16.9 Å². The lowest BCUT2D eigenvalue weighted by Crippen LogP contribution is -2.41. The Labute approximate surface area is 142 Å². The SMILES string of the molecule is CCc1nccn1[C@H]1CCCN(C(=O)CCc2c(C)noc2C)C1. The Morgan fingerprint density at radius 3 is 2.96 bits per heavy atom. The van der Waals surface area contributed by atoms with E-state index in [9.17, 15) is 4.79 Å². The first-order valence-electron chi connectivity index (χ1n) is 8.81. The molecule has 0 saturated carbocycles. The zero-order valence-electron chi connectivity index (χ0n) is 14.8. The molecule has 1 atom stereocenters. The van der Waals surface area contributed by atoms with Crippen LogP contribution in [0.2, 0.25) is 0 Å². The van der Waals surface area contributed by atoms with Gasteiger partial charge in [-0.3, -0.25) is 4.79 Å². The fraction of sp³-hybridized carbons (Fsp3) is 0.611. The molecule has 1 aliphatic rings. The molecule has 1 aliphatic heterocycles. The fourth-order valence-corrected chi connectivity index (χ4v) is 3.61. The molecule has 3 heterocycles. The molecule has 0 bridgehead atoms. The van der Waals surface area contributed by atoms with Crippen molar-refractivity contribution in [2.24, 2.45) is 0 Å². The quantitative estimate of drug-likeness (QED) is 0.845. The lowest BCUT2D eigenvalue weighted by atomic mass is 10.0. The van der Waals surface area contributed by atoms with E-state index < -0.39 is 0 Å². The molecule has 2 aromatic rings. The third kappa shape index (κ3) is 3.37. The lowest BCUT2D eigenvalue weighted by Gasteiger charge is -2.34. The first kappa shape index (κ1) is 16.7. The van der Waals surface area contributed by atoms with Gasteiger partial charge in [-0.2, -0.15) is 0 Å². The average molecular weight is 330 g/mol. The minimum absolute atomic E-state index is 0.220. The molecule has 3 rings (SSSR count). The van der Waals surface area contributed by atoms with Gasteiger partial charge in [0.1, 0.15) is 11.6 Å². The fourth-order valence-electron chi connectivity index (χ4n) is 3.61. The second-order valence-corrected chi connectivity index (χ2v) is 6.54. The Bertz CT molecular complexity index is 684.